The quantitative estimate of drug-likeness (QED) is 0.0339. The summed E-state index contributed by atoms with van der Waals surface area (Å²) in [5.41, 5.74) is 6.18. The van der Waals surface area contributed by atoms with Crippen LogP contribution in [0.5, 0.6) is 0 Å². The summed E-state index contributed by atoms with van der Waals surface area (Å²) in [5.74, 6) is 0. The molecule has 36 heteroatoms. The van der Waals surface area contributed by atoms with Crippen molar-refractivity contribution in [1.82, 2.24) is 0 Å². The Morgan fingerprint density at radius 3 is 0.625 bits per heavy atom. The fraction of sp³-hybridized carbons (Fsp3) is 0.556. The van der Waals surface area contributed by atoms with Crippen LogP contribution < -0.4 is 0 Å². The summed E-state index contributed by atoms with van der Waals surface area (Å²) < 4.78 is 119. The van der Waals surface area contributed by atoms with Gasteiger partial charge in [-0.15, -0.1) is 34.0 Å². The fourth-order valence-corrected chi connectivity index (χ4v) is 19.5. The molecule has 0 bridgehead atoms. The van der Waals surface area contributed by atoms with Crippen LogP contribution in [-0.4, -0.2) is 239 Å². The van der Waals surface area contributed by atoms with Gasteiger partial charge in [0.15, 0.2) is 62.9 Å². The molecule has 0 amide bonds. The standard InChI is InChI=1S/C20H22O6.2C18H20O6S.2C16H18O6S2.10C2H6/c21-11-15(22)17-18-16(24-20(25-17)14-9-5-2-6-10-14)12-23-19(26-18)13-7-3-1-4-8-13;19-9-12(20)15-16-13(22-18(23-15)14-7-4-8-25-14)10-21-17(24-16)11-5-2-1-3-6-11;19-8-13(20)15-16-14(22-18(23-15)12-6-7-25-10-12)9-21-17(24-16)11-4-2-1-3-5-11;17-5-11(18)13-14-12(20-16(21-13)10-2-4-24-8-10)6-19-15(22-14)9-1-3-23-7-9;17-7-9(18)13-14-10(20-16(21-13)12-4-2-6-24-12)8-19-15(22-14)11-3-1-5-23-11;10*1-2/h1-10,15-22H,11-12H2;1-8,12-13,15-20H,9-10H2;1-7,10,13-20H,8-9H2;1-4,7-8,11-18H,5-6H2;1-6,9-10,13-18H,7-8H2;10*1-2H3/t15-,16+,17-,18-,19?,20?;12-,13+,15-,16-,17?,18?;13-,14+,15-,16-,17?,18?;11-,12+,13-,14-,15?,16?;9-,10+,13-,14-,15?,16?;;;;;;;;;;/m11111........../s1. The molecule has 10 saturated heterocycles. The SMILES string of the molecule is CC.CC.CC.CC.CC.CC.CC.CC.CC.CC.OC[C@@H](O)[C@H]1OC(c2ccccc2)O[C@H]2COC(c3ccccc3)O[C@@H]12.OC[C@@H](O)[C@H]1OC(c2cccs2)O[C@H]2COC(c3ccccc3)O[C@@H]12.OC[C@@H](O)[C@H]1OC(c2cccs2)O[C@H]2COC(c3cccs3)O[C@@H]12.OC[C@@H](O)[C@H]1OC(c2ccsc2)O[C@H]2COC(c3ccccc3)O[C@@H]12.OC[C@@H](O)[C@H]1OC(c2ccsc2)O[C@H]2COC(c3ccsc3)O[C@@H]12. The summed E-state index contributed by atoms with van der Waals surface area (Å²) in [6.45, 7) is 39.6. The van der Waals surface area contributed by atoms with E-state index in [-0.39, 0.29) is 24.4 Å². The fourth-order valence-electron chi connectivity index (χ4n) is 15.4. The average molecular weight is 2130 g/mol. The van der Waals surface area contributed by atoms with Gasteiger partial charge in [0.2, 0.25) is 0 Å². The van der Waals surface area contributed by atoms with Crippen LogP contribution in [0.25, 0.3) is 0 Å². The molecule has 10 aromatic rings. The summed E-state index contributed by atoms with van der Waals surface area (Å²) in [4.78, 5) is 2.76. The first-order chi connectivity index (χ1) is 70.8. The molecule has 10 aliphatic rings. The van der Waals surface area contributed by atoms with Gasteiger partial charge in [0.05, 0.1) is 80.7 Å². The zero-order valence-corrected chi connectivity index (χ0v) is 91.3. The molecule has 144 heavy (non-hydrogen) atoms. The molecule has 0 spiro atoms. The molecule has 16 heterocycles. The van der Waals surface area contributed by atoms with Crippen molar-refractivity contribution < 1.29 is 146 Å². The van der Waals surface area contributed by atoms with Gasteiger partial charge in [-0.05, 0) is 84.8 Å². The van der Waals surface area contributed by atoms with Gasteiger partial charge in [-0.3, -0.25) is 0 Å². The Morgan fingerprint density at radius 1 is 0.208 bits per heavy atom. The summed E-state index contributed by atoms with van der Waals surface area (Å²) in [7, 11) is 0. The van der Waals surface area contributed by atoms with E-state index in [1.54, 1.807) is 45.3 Å². The van der Waals surface area contributed by atoms with Gasteiger partial charge in [-0.25, -0.2) is 0 Å². The number of aliphatic hydroxyl groups is 10. The normalized spacial score (nSPS) is 29.5. The summed E-state index contributed by atoms with van der Waals surface area (Å²) in [5, 5.41) is 116. The second kappa shape index (κ2) is 71.6. The minimum Gasteiger partial charge on any atom is -0.394 e. The van der Waals surface area contributed by atoms with E-state index in [9.17, 15) is 51.1 Å². The highest BCUT2D eigenvalue weighted by molar-refractivity contribution is 7.10. The van der Waals surface area contributed by atoms with E-state index in [0.717, 1.165) is 53.6 Å². The first-order valence-electron chi connectivity index (χ1n) is 50.5. The zero-order chi connectivity index (χ0) is 105. The largest absolute Gasteiger partial charge is 0.394 e. The highest BCUT2D eigenvalue weighted by atomic mass is 32.1. The van der Waals surface area contributed by atoms with E-state index in [4.69, 9.17) is 94.7 Å². The van der Waals surface area contributed by atoms with E-state index >= 15 is 0 Å². The predicted octanol–water partition coefficient (Wildman–Crippen LogP) is 20.3. The number of hydrogen-bond acceptors (Lipinski definition) is 36. The highest BCUT2D eigenvalue weighted by Crippen LogP contribution is 2.47. The number of rotatable bonds is 20. The first-order valence-corrected chi connectivity index (χ1v) is 56.0. The molecule has 10 fully saturated rings. The maximum atomic E-state index is 10.3. The minimum absolute atomic E-state index is 0.311. The van der Waals surface area contributed by atoms with E-state index in [0.29, 0.717) is 33.0 Å². The van der Waals surface area contributed by atoms with Gasteiger partial charge >= 0.3 is 0 Å². The number of benzene rings is 4. The molecular formula is C108H158O30S6. The second-order valence-electron chi connectivity index (χ2n) is 30.0. The molecule has 806 valence electrons. The van der Waals surface area contributed by atoms with Crippen LogP contribution in [0, 0.1) is 0 Å². The van der Waals surface area contributed by atoms with Crippen molar-refractivity contribution in [2.45, 2.75) is 323 Å². The lowest BCUT2D eigenvalue weighted by molar-refractivity contribution is -0.373. The average Bonchev–Trinajstić information content (AvgIpc) is 1.39. The summed E-state index contributed by atoms with van der Waals surface area (Å²) in [6.07, 6.45) is -19.1. The van der Waals surface area contributed by atoms with Crippen LogP contribution in [0.1, 0.15) is 255 Å². The third-order valence-electron chi connectivity index (χ3n) is 21.7. The van der Waals surface area contributed by atoms with Crippen molar-refractivity contribution in [3.05, 3.63) is 278 Å². The molecule has 30 atom stereocenters. The van der Waals surface area contributed by atoms with E-state index in [1.807, 2.05) is 363 Å². The number of aliphatic hydroxyl groups excluding tert-OH is 10. The molecule has 20 rings (SSSR count). The Hall–Kier alpha value is -6.12. The van der Waals surface area contributed by atoms with Gasteiger partial charge in [0.25, 0.3) is 0 Å². The van der Waals surface area contributed by atoms with E-state index in [1.165, 1.54) is 22.7 Å². The lowest BCUT2D eigenvalue weighted by atomic mass is 9.99. The van der Waals surface area contributed by atoms with Crippen LogP contribution >= 0.6 is 68.0 Å². The Morgan fingerprint density at radius 2 is 0.403 bits per heavy atom. The molecule has 4 aromatic carbocycles. The first kappa shape index (κ1) is 127. The lowest BCUT2D eigenvalue weighted by Crippen LogP contribution is -2.58. The van der Waals surface area contributed by atoms with Gasteiger partial charge in [-0.2, -0.15) is 34.0 Å². The van der Waals surface area contributed by atoms with Crippen molar-refractivity contribution in [3.8, 4) is 0 Å². The maximum absolute atomic E-state index is 10.3. The smallest absolute Gasteiger partial charge is 0.194 e. The Labute approximate surface area is 875 Å². The van der Waals surface area contributed by atoms with Crippen LogP contribution in [0.2, 0.25) is 0 Å². The third-order valence-corrected chi connectivity index (χ3v) is 26.5. The van der Waals surface area contributed by atoms with Crippen molar-refractivity contribution in [3.63, 3.8) is 0 Å². The van der Waals surface area contributed by atoms with E-state index < -0.39 is 194 Å². The Bertz CT molecular complexity index is 4410. The van der Waals surface area contributed by atoms with Crippen LogP contribution in [-0.2, 0) is 94.7 Å². The van der Waals surface area contributed by atoms with Crippen molar-refractivity contribution in [2.75, 3.05) is 66.1 Å². The third kappa shape index (κ3) is 35.8. The number of hydrogen-bond donors (Lipinski definition) is 10. The van der Waals surface area contributed by atoms with Crippen molar-refractivity contribution in [1.29, 1.82) is 0 Å². The molecule has 0 radical (unpaired) electrons. The Balaban J connectivity index is 0.000000263. The highest BCUT2D eigenvalue weighted by Gasteiger charge is 2.54. The van der Waals surface area contributed by atoms with Gasteiger partial charge in [-0.1, -0.05) is 278 Å². The topological polar surface area (TPSA) is 387 Å². The van der Waals surface area contributed by atoms with Gasteiger partial charge < -0.3 is 146 Å². The molecular weight excluding hydrogens is 1970 g/mol. The van der Waals surface area contributed by atoms with Crippen LogP contribution in [0.15, 0.2) is 224 Å². The van der Waals surface area contributed by atoms with Gasteiger partial charge in [0.1, 0.15) is 122 Å². The van der Waals surface area contributed by atoms with Crippen molar-refractivity contribution >= 4 is 68.0 Å². The number of ether oxygens (including phenoxy) is 20. The molecule has 30 nitrogen and oxygen atoms in total. The summed E-state index contributed by atoms with van der Waals surface area (Å²) in [6, 6.07) is 55.5. The molecule has 10 unspecified atom stereocenters. The molecule has 0 aliphatic carbocycles. The predicted molar refractivity (Wildman–Crippen MR) is 561 cm³/mol. The number of thiophene rings is 6. The van der Waals surface area contributed by atoms with Gasteiger partial charge in [0, 0.05) is 38.9 Å². The monoisotopic (exact) mass is 2130 g/mol. The molecule has 0 saturated carbocycles. The Kier molecular flexibility index (Phi) is 62.9. The zero-order valence-electron chi connectivity index (χ0n) is 86.4. The molecule has 10 N–H and O–H groups in total. The lowest BCUT2D eigenvalue weighted by Gasteiger charge is -2.47. The van der Waals surface area contributed by atoms with E-state index in [2.05, 4.69) is 0 Å². The minimum atomic E-state index is -1.08. The van der Waals surface area contributed by atoms with Crippen LogP contribution in [0.3, 0.4) is 0 Å². The maximum Gasteiger partial charge on any atom is 0.194 e. The van der Waals surface area contributed by atoms with Crippen LogP contribution in [0.4, 0.5) is 0 Å². The summed E-state index contributed by atoms with van der Waals surface area (Å²) >= 11 is 9.21. The number of fused-ring (bicyclic) bond motifs is 5. The molecule has 6 aromatic heterocycles. The molecule has 10 aliphatic heterocycles. The van der Waals surface area contributed by atoms with Crippen molar-refractivity contribution in [2.24, 2.45) is 0 Å². The second-order valence-corrected chi connectivity index (χ2v) is 35.3.